The highest BCUT2D eigenvalue weighted by atomic mass is 35.5. The topological polar surface area (TPSA) is 38.8 Å². The predicted octanol–water partition coefficient (Wildman–Crippen LogP) is 4.47. The highest BCUT2D eigenvalue weighted by molar-refractivity contribution is 8.27. The Kier molecular flexibility index (Phi) is 3.96. The lowest BCUT2D eigenvalue weighted by molar-refractivity contribution is -0.113. The fourth-order valence-corrected chi connectivity index (χ4v) is 3.93. The molecule has 0 bridgehead atoms. The van der Waals surface area contributed by atoms with Crippen LogP contribution in [0, 0.1) is 0 Å². The van der Waals surface area contributed by atoms with Crippen LogP contribution in [-0.4, -0.2) is 17.0 Å². The van der Waals surface area contributed by atoms with E-state index in [1.807, 2.05) is 18.2 Å². The lowest BCUT2D eigenvalue weighted by Crippen LogP contribution is -2.27. The minimum absolute atomic E-state index is 0.177. The van der Waals surface area contributed by atoms with E-state index in [1.54, 1.807) is 30.3 Å². The zero-order valence-corrected chi connectivity index (χ0v) is 14.6. The Hall–Kier alpha value is -2.02. The van der Waals surface area contributed by atoms with Gasteiger partial charge in [-0.25, -0.2) is 0 Å². The molecule has 2 aliphatic rings. The highest BCUT2D eigenvalue weighted by Crippen LogP contribution is 2.41. The lowest BCUT2D eigenvalue weighted by Gasteiger charge is -2.14. The van der Waals surface area contributed by atoms with E-state index in [2.05, 4.69) is 0 Å². The van der Waals surface area contributed by atoms with Gasteiger partial charge in [-0.3, -0.25) is 9.69 Å². The van der Waals surface area contributed by atoms with Crippen molar-refractivity contribution < 1.29 is 14.3 Å². The Morgan fingerprint density at radius 3 is 2.79 bits per heavy atom. The standard InChI is InChI=1S/C17H10ClNO3S2/c18-12-4-2-1-3-10(12)7-15-16(20)19(17(23)24-15)11-5-6-13-14(8-11)22-9-21-13/h1-8H,9H2. The van der Waals surface area contributed by atoms with Crippen LogP contribution in [0.4, 0.5) is 5.69 Å². The van der Waals surface area contributed by atoms with Crippen LogP contribution >= 0.6 is 35.6 Å². The molecular weight excluding hydrogens is 366 g/mol. The van der Waals surface area contributed by atoms with E-state index in [0.717, 1.165) is 5.56 Å². The first-order valence-corrected chi connectivity index (χ1v) is 8.66. The number of amides is 1. The number of anilines is 1. The number of thioether (sulfide) groups is 1. The van der Waals surface area contributed by atoms with Crippen LogP contribution in [0.25, 0.3) is 6.08 Å². The van der Waals surface area contributed by atoms with Crippen LogP contribution in [0.2, 0.25) is 5.02 Å². The second kappa shape index (κ2) is 6.12. The predicted molar refractivity (Wildman–Crippen MR) is 99.7 cm³/mol. The fraction of sp³-hybridized carbons (Fsp3) is 0.0588. The molecule has 0 saturated carbocycles. The second-order valence-corrected chi connectivity index (χ2v) is 7.16. The maximum atomic E-state index is 12.8. The lowest BCUT2D eigenvalue weighted by atomic mass is 10.2. The molecule has 7 heteroatoms. The van der Waals surface area contributed by atoms with E-state index in [4.69, 9.17) is 33.3 Å². The smallest absolute Gasteiger partial charge is 0.270 e. The molecule has 4 rings (SSSR count). The summed E-state index contributed by atoms with van der Waals surface area (Å²) in [5.74, 6) is 1.09. The molecule has 0 unspecified atom stereocenters. The summed E-state index contributed by atoms with van der Waals surface area (Å²) in [5, 5.41) is 0.589. The average molecular weight is 376 g/mol. The van der Waals surface area contributed by atoms with Crippen LogP contribution in [0.1, 0.15) is 5.56 Å². The summed E-state index contributed by atoms with van der Waals surface area (Å²) < 4.78 is 11.1. The Balaban J connectivity index is 1.68. The van der Waals surface area contributed by atoms with Gasteiger partial charge in [0.05, 0.1) is 10.6 Å². The average Bonchev–Trinajstić information content (AvgIpc) is 3.14. The maximum absolute atomic E-state index is 12.8. The molecule has 2 aromatic rings. The van der Waals surface area contributed by atoms with Crippen LogP contribution in [0.15, 0.2) is 47.4 Å². The number of benzene rings is 2. The molecule has 24 heavy (non-hydrogen) atoms. The van der Waals surface area contributed by atoms with Gasteiger partial charge in [0.2, 0.25) is 6.79 Å². The third-order valence-electron chi connectivity index (χ3n) is 3.60. The third kappa shape index (κ3) is 2.66. The van der Waals surface area contributed by atoms with Crippen molar-refractivity contribution in [3.63, 3.8) is 0 Å². The Labute approximate surface area is 153 Å². The Bertz CT molecular complexity index is 897. The van der Waals surface area contributed by atoms with Crippen molar-refractivity contribution in [3.05, 3.63) is 58.0 Å². The molecule has 4 nitrogen and oxygen atoms in total. The first kappa shape index (κ1) is 15.5. The van der Waals surface area contributed by atoms with E-state index in [0.29, 0.717) is 31.4 Å². The summed E-state index contributed by atoms with van der Waals surface area (Å²) in [6.07, 6.45) is 1.76. The van der Waals surface area contributed by atoms with Gasteiger partial charge in [-0.05, 0) is 29.8 Å². The number of hydrogen-bond acceptors (Lipinski definition) is 5. The van der Waals surface area contributed by atoms with Gasteiger partial charge in [0.15, 0.2) is 15.8 Å². The minimum atomic E-state index is -0.177. The zero-order valence-electron chi connectivity index (χ0n) is 12.2. The summed E-state index contributed by atoms with van der Waals surface area (Å²) in [6, 6.07) is 12.7. The number of nitrogens with zero attached hydrogens (tertiary/aromatic N) is 1. The Morgan fingerprint density at radius 2 is 1.96 bits per heavy atom. The van der Waals surface area contributed by atoms with Gasteiger partial charge in [0.1, 0.15) is 0 Å². The summed E-state index contributed by atoms with van der Waals surface area (Å²) >= 11 is 12.8. The highest BCUT2D eigenvalue weighted by Gasteiger charge is 2.34. The minimum Gasteiger partial charge on any atom is -0.454 e. The number of thiocarbonyl (C=S) groups is 1. The molecule has 0 aliphatic carbocycles. The van der Waals surface area contributed by atoms with Gasteiger partial charge >= 0.3 is 0 Å². The number of carbonyl (C=O) groups excluding carboxylic acids is 1. The van der Waals surface area contributed by atoms with Crippen LogP contribution in [0.3, 0.4) is 0 Å². The monoisotopic (exact) mass is 375 g/mol. The number of halogens is 1. The molecule has 0 spiro atoms. The fourth-order valence-electron chi connectivity index (χ4n) is 2.45. The Morgan fingerprint density at radius 1 is 1.17 bits per heavy atom. The number of ether oxygens (including phenoxy) is 2. The number of fused-ring (bicyclic) bond motifs is 1. The molecule has 1 fully saturated rings. The summed E-state index contributed by atoms with van der Waals surface area (Å²) in [5.41, 5.74) is 1.44. The van der Waals surface area contributed by atoms with Crippen molar-refractivity contribution >= 4 is 57.6 Å². The van der Waals surface area contributed by atoms with E-state index in [1.165, 1.54) is 16.7 Å². The molecule has 1 amide bonds. The molecule has 2 aromatic carbocycles. The van der Waals surface area contributed by atoms with Crippen molar-refractivity contribution in [3.8, 4) is 11.5 Å². The van der Waals surface area contributed by atoms with Crippen LogP contribution in [0.5, 0.6) is 11.5 Å². The van der Waals surface area contributed by atoms with Crippen LogP contribution in [-0.2, 0) is 4.79 Å². The van der Waals surface area contributed by atoms with Gasteiger partial charge in [-0.1, -0.05) is 53.8 Å². The number of hydrogen-bond donors (Lipinski definition) is 0. The zero-order chi connectivity index (χ0) is 16.7. The second-order valence-electron chi connectivity index (χ2n) is 5.08. The van der Waals surface area contributed by atoms with Gasteiger partial charge < -0.3 is 9.47 Å². The molecule has 2 heterocycles. The van der Waals surface area contributed by atoms with Crippen molar-refractivity contribution in [2.24, 2.45) is 0 Å². The molecule has 120 valence electrons. The number of rotatable bonds is 2. The first-order valence-electron chi connectivity index (χ1n) is 7.05. The summed E-state index contributed by atoms with van der Waals surface area (Å²) in [7, 11) is 0. The molecular formula is C17H10ClNO3S2. The van der Waals surface area contributed by atoms with Gasteiger partial charge in [0.25, 0.3) is 5.91 Å². The molecule has 2 aliphatic heterocycles. The van der Waals surface area contributed by atoms with Crippen molar-refractivity contribution in [2.45, 2.75) is 0 Å². The van der Waals surface area contributed by atoms with E-state index in [9.17, 15) is 4.79 Å². The molecule has 1 saturated heterocycles. The van der Waals surface area contributed by atoms with Gasteiger partial charge in [-0.15, -0.1) is 0 Å². The van der Waals surface area contributed by atoms with Crippen molar-refractivity contribution in [1.82, 2.24) is 0 Å². The molecule has 0 aromatic heterocycles. The largest absolute Gasteiger partial charge is 0.454 e. The first-order chi connectivity index (χ1) is 11.6. The van der Waals surface area contributed by atoms with E-state index < -0.39 is 0 Å². The van der Waals surface area contributed by atoms with Crippen LogP contribution < -0.4 is 14.4 Å². The van der Waals surface area contributed by atoms with E-state index >= 15 is 0 Å². The number of carbonyl (C=O) groups is 1. The quantitative estimate of drug-likeness (QED) is 0.571. The third-order valence-corrected chi connectivity index (χ3v) is 5.25. The molecule has 0 atom stereocenters. The van der Waals surface area contributed by atoms with Crippen molar-refractivity contribution in [2.75, 3.05) is 11.7 Å². The normalized spacial score (nSPS) is 17.9. The molecule has 0 radical (unpaired) electrons. The molecule has 0 N–H and O–H groups in total. The van der Waals surface area contributed by atoms with Gasteiger partial charge in [0, 0.05) is 11.1 Å². The van der Waals surface area contributed by atoms with E-state index in [-0.39, 0.29) is 12.7 Å². The summed E-state index contributed by atoms with van der Waals surface area (Å²) in [4.78, 5) is 14.8. The van der Waals surface area contributed by atoms with Crippen molar-refractivity contribution in [1.29, 1.82) is 0 Å². The SMILES string of the molecule is O=C1C(=Cc2ccccc2Cl)SC(=S)N1c1ccc2c(c1)OCO2. The maximum Gasteiger partial charge on any atom is 0.270 e. The van der Waals surface area contributed by atoms with Gasteiger partial charge in [-0.2, -0.15) is 0 Å². The summed E-state index contributed by atoms with van der Waals surface area (Å²) in [6.45, 7) is 0.184.